The topological polar surface area (TPSA) is 65.1 Å². The van der Waals surface area contributed by atoms with Crippen LogP contribution in [0.2, 0.25) is 0 Å². The molecule has 0 aliphatic rings. The summed E-state index contributed by atoms with van der Waals surface area (Å²) < 4.78 is 15.0. The maximum absolute atomic E-state index is 11.6. The molecule has 0 unspecified atom stereocenters. The van der Waals surface area contributed by atoms with Gasteiger partial charge in [-0.3, -0.25) is 4.79 Å². The van der Waals surface area contributed by atoms with Gasteiger partial charge in [0.1, 0.15) is 17.1 Å². The number of ether oxygens (including phenoxy) is 3. The highest BCUT2D eigenvalue weighted by Crippen LogP contribution is 2.24. The zero-order chi connectivity index (χ0) is 14.4. The Balaban J connectivity index is 2.93. The van der Waals surface area contributed by atoms with Crippen molar-refractivity contribution in [2.45, 2.75) is 0 Å². The molecule has 0 aromatic heterocycles. The van der Waals surface area contributed by atoms with Gasteiger partial charge in [-0.05, 0) is 18.2 Å². The third-order valence-electron chi connectivity index (χ3n) is 2.44. The van der Waals surface area contributed by atoms with Crippen LogP contribution >= 0.6 is 0 Å². The van der Waals surface area contributed by atoms with Crippen LogP contribution in [0.25, 0.3) is 0 Å². The predicted octanol–water partition coefficient (Wildman–Crippen LogP) is 0.949. The van der Waals surface area contributed by atoms with Crippen molar-refractivity contribution in [1.82, 2.24) is 4.90 Å². The summed E-state index contributed by atoms with van der Waals surface area (Å²) in [7, 11) is 6.02. The van der Waals surface area contributed by atoms with Crippen molar-refractivity contribution >= 4 is 11.9 Å². The fraction of sp³-hybridized carbons (Fsp3) is 0.385. The second-order valence-corrected chi connectivity index (χ2v) is 3.93. The van der Waals surface area contributed by atoms with E-state index in [0.717, 1.165) is 0 Å². The molecular weight excluding hydrogens is 250 g/mol. The summed E-state index contributed by atoms with van der Waals surface area (Å²) in [5.74, 6) is 0.0346. The van der Waals surface area contributed by atoms with Crippen LogP contribution in [0.15, 0.2) is 18.2 Å². The van der Waals surface area contributed by atoms with E-state index >= 15 is 0 Å². The van der Waals surface area contributed by atoms with Crippen LogP contribution in [0.4, 0.5) is 0 Å². The Bertz CT molecular complexity index is 470. The number of esters is 1. The third-order valence-corrected chi connectivity index (χ3v) is 2.44. The SMILES string of the molecule is COC(=O)c1cc(OC)ccc1OCC(=O)N(C)C. The van der Waals surface area contributed by atoms with Crippen LogP contribution in [0.5, 0.6) is 11.5 Å². The van der Waals surface area contributed by atoms with Crippen molar-refractivity contribution in [1.29, 1.82) is 0 Å². The highest BCUT2D eigenvalue weighted by Gasteiger charge is 2.16. The maximum Gasteiger partial charge on any atom is 0.341 e. The van der Waals surface area contributed by atoms with Crippen LogP contribution < -0.4 is 9.47 Å². The van der Waals surface area contributed by atoms with E-state index in [-0.39, 0.29) is 23.8 Å². The first-order chi connectivity index (χ1) is 8.99. The monoisotopic (exact) mass is 267 g/mol. The van der Waals surface area contributed by atoms with E-state index in [1.54, 1.807) is 26.2 Å². The Morgan fingerprint density at radius 1 is 1.21 bits per heavy atom. The minimum absolute atomic E-state index is 0.149. The second-order valence-electron chi connectivity index (χ2n) is 3.93. The Hall–Kier alpha value is -2.24. The summed E-state index contributed by atoms with van der Waals surface area (Å²) in [4.78, 5) is 24.5. The molecule has 0 saturated carbocycles. The molecule has 0 aliphatic heterocycles. The molecule has 1 amide bonds. The number of benzene rings is 1. The fourth-order valence-corrected chi connectivity index (χ4v) is 1.30. The molecule has 19 heavy (non-hydrogen) atoms. The lowest BCUT2D eigenvalue weighted by Crippen LogP contribution is -2.27. The molecule has 1 rings (SSSR count). The molecule has 0 spiro atoms. The number of rotatable bonds is 5. The van der Waals surface area contributed by atoms with Crippen molar-refractivity contribution in [3.63, 3.8) is 0 Å². The number of hydrogen-bond acceptors (Lipinski definition) is 5. The molecule has 0 N–H and O–H groups in total. The van der Waals surface area contributed by atoms with E-state index in [0.29, 0.717) is 5.75 Å². The summed E-state index contributed by atoms with van der Waals surface area (Å²) in [6, 6.07) is 4.71. The van der Waals surface area contributed by atoms with E-state index in [2.05, 4.69) is 4.74 Å². The number of likely N-dealkylation sites (N-methyl/N-ethyl adjacent to an activating group) is 1. The van der Waals surface area contributed by atoms with Crippen molar-refractivity contribution < 1.29 is 23.8 Å². The zero-order valence-electron chi connectivity index (χ0n) is 11.4. The summed E-state index contributed by atoms with van der Waals surface area (Å²) in [5, 5.41) is 0. The molecule has 6 nitrogen and oxygen atoms in total. The maximum atomic E-state index is 11.6. The lowest BCUT2D eigenvalue weighted by Gasteiger charge is -2.13. The molecule has 0 radical (unpaired) electrons. The number of amides is 1. The molecule has 0 saturated heterocycles. The number of methoxy groups -OCH3 is 2. The van der Waals surface area contributed by atoms with Gasteiger partial charge < -0.3 is 19.1 Å². The highest BCUT2D eigenvalue weighted by molar-refractivity contribution is 5.93. The van der Waals surface area contributed by atoms with Crippen LogP contribution in [0.3, 0.4) is 0 Å². The normalized spacial score (nSPS) is 9.68. The lowest BCUT2D eigenvalue weighted by atomic mass is 10.2. The van der Waals surface area contributed by atoms with E-state index < -0.39 is 5.97 Å². The van der Waals surface area contributed by atoms with Crippen molar-refractivity contribution in [2.75, 3.05) is 34.9 Å². The van der Waals surface area contributed by atoms with Crippen LogP contribution in [0, 0.1) is 0 Å². The van der Waals surface area contributed by atoms with Gasteiger partial charge in [-0.15, -0.1) is 0 Å². The molecule has 0 atom stereocenters. The minimum Gasteiger partial charge on any atom is -0.497 e. The van der Waals surface area contributed by atoms with Crippen molar-refractivity contribution in [3.8, 4) is 11.5 Å². The van der Waals surface area contributed by atoms with Gasteiger partial charge in [0.2, 0.25) is 0 Å². The van der Waals surface area contributed by atoms with E-state index in [9.17, 15) is 9.59 Å². The van der Waals surface area contributed by atoms with Gasteiger partial charge in [-0.1, -0.05) is 0 Å². The molecular formula is C13H17NO5. The molecule has 1 aromatic rings. The quantitative estimate of drug-likeness (QED) is 0.743. The first-order valence-electron chi connectivity index (χ1n) is 5.59. The van der Waals surface area contributed by atoms with Crippen LogP contribution in [-0.4, -0.2) is 51.7 Å². The Morgan fingerprint density at radius 2 is 1.89 bits per heavy atom. The first-order valence-corrected chi connectivity index (χ1v) is 5.59. The smallest absolute Gasteiger partial charge is 0.341 e. The molecule has 0 bridgehead atoms. The van der Waals surface area contributed by atoms with E-state index in [4.69, 9.17) is 9.47 Å². The molecule has 104 valence electrons. The van der Waals surface area contributed by atoms with E-state index in [1.165, 1.54) is 25.2 Å². The second kappa shape index (κ2) is 6.63. The standard InChI is InChI=1S/C13H17NO5/c1-14(2)12(15)8-19-11-6-5-9(17-3)7-10(11)13(16)18-4/h5-7H,8H2,1-4H3. The summed E-state index contributed by atoms with van der Waals surface area (Å²) in [5.41, 5.74) is 0.216. The fourth-order valence-electron chi connectivity index (χ4n) is 1.30. The molecule has 1 aromatic carbocycles. The van der Waals surface area contributed by atoms with Gasteiger partial charge in [0.15, 0.2) is 6.61 Å². The largest absolute Gasteiger partial charge is 0.497 e. The van der Waals surface area contributed by atoms with Gasteiger partial charge in [-0.25, -0.2) is 4.79 Å². The summed E-state index contributed by atoms with van der Waals surface area (Å²) in [6.45, 7) is -0.149. The van der Waals surface area contributed by atoms with Gasteiger partial charge in [0.25, 0.3) is 5.91 Å². The van der Waals surface area contributed by atoms with Gasteiger partial charge >= 0.3 is 5.97 Å². The Labute approximate surface area is 111 Å². The van der Waals surface area contributed by atoms with Crippen LogP contribution in [-0.2, 0) is 9.53 Å². The minimum atomic E-state index is -0.550. The van der Waals surface area contributed by atoms with Gasteiger partial charge in [0.05, 0.1) is 14.2 Å². The van der Waals surface area contributed by atoms with Crippen LogP contribution in [0.1, 0.15) is 10.4 Å². The number of nitrogens with zero attached hydrogens (tertiary/aromatic N) is 1. The van der Waals surface area contributed by atoms with Crippen molar-refractivity contribution in [2.24, 2.45) is 0 Å². The first kappa shape index (κ1) is 14.8. The average molecular weight is 267 g/mol. The molecule has 0 heterocycles. The van der Waals surface area contributed by atoms with Gasteiger partial charge in [0, 0.05) is 14.1 Å². The van der Waals surface area contributed by atoms with Crippen molar-refractivity contribution in [3.05, 3.63) is 23.8 Å². The Morgan fingerprint density at radius 3 is 2.42 bits per heavy atom. The number of hydrogen-bond donors (Lipinski definition) is 0. The molecule has 0 fully saturated rings. The number of carbonyl (C=O) groups is 2. The lowest BCUT2D eigenvalue weighted by molar-refractivity contribution is -0.130. The Kier molecular flexibility index (Phi) is 5.17. The number of carbonyl (C=O) groups excluding carboxylic acids is 2. The zero-order valence-corrected chi connectivity index (χ0v) is 11.4. The average Bonchev–Trinajstić information content (AvgIpc) is 2.43. The van der Waals surface area contributed by atoms with E-state index in [1.807, 2.05) is 0 Å². The molecule has 6 heteroatoms. The summed E-state index contributed by atoms with van der Waals surface area (Å²) >= 11 is 0. The highest BCUT2D eigenvalue weighted by atomic mass is 16.5. The molecule has 0 aliphatic carbocycles. The third kappa shape index (κ3) is 3.87. The van der Waals surface area contributed by atoms with Gasteiger partial charge in [-0.2, -0.15) is 0 Å². The summed E-state index contributed by atoms with van der Waals surface area (Å²) in [6.07, 6.45) is 0. The predicted molar refractivity (Wildman–Crippen MR) is 68.5 cm³/mol.